The fraction of sp³-hybridized carbons (Fsp3) is 0.200. The van der Waals surface area contributed by atoms with E-state index in [9.17, 15) is 22.0 Å². The van der Waals surface area contributed by atoms with Crippen LogP contribution in [-0.2, 0) is 25.0 Å². The molecule has 8 nitrogen and oxygen atoms in total. The van der Waals surface area contributed by atoms with E-state index >= 15 is 4.39 Å². The van der Waals surface area contributed by atoms with Gasteiger partial charge in [-0.3, -0.25) is 9.52 Å². The first-order valence-corrected chi connectivity index (χ1v) is 13.8. The topological polar surface area (TPSA) is 111 Å². The van der Waals surface area contributed by atoms with Gasteiger partial charge in [0.1, 0.15) is 23.2 Å². The summed E-state index contributed by atoms with van der Waals surface area (Å²) in [6.07, 6.45) is 1.39. The first-order chi connectivity index (χ1) is 18.4. The molecule has 0 saturated heterocycles. The van der Waals surface area contributed by atoms with Crippen LogP contribution in [0.4, 0.5) is 18.9 Å². The minimum atomic E-state index is -4.85. The highest BCUT2D eigenvalue weighted by Gasteiger charge is 2.35. The lowest BCUT2D eigenvalue weighted by molar-refractivity contribution is -0.127. The Morgan fingerprint density at radius 2 is 1.74 bits per heavy atom. The molecule has 0 radical (unpaired) electrons. The number of nitrogens with one attached hydrogen (secondary N) is 1. The largest absolute Gasteiger partial charge is 0.377 e. The van der Waals surface area contributed by atoms with Crippen molar-refractivity contribution in [3.8, 4) is 21.8 Å². The third-order valence-corrected chi connectivity index (χ3v) is 8.68. The maximum Gasteiger partial charge on any atom is 0.267 e. The average Bonchev–Trinajstić information content (AvgIpc) is 3.31. The number of carbonyl (C=O) groups excluding carboxylic acids is 1. The third-order valence-electron chi connectivity index (χ3n) is 5.68. The van der Waals surface area contributed by atoms with E-state index in [0.29, 0.717) is 9.88 Å². The number of thiazole rings is 1. The van der Waals surface area contributed by atoms with Crippen molar-refractivity contribution in [3.63, 3.8) is 0 Å². The lowest BCUT2D eigenvalue weighted by Crippen LogP contribution is -2.32. The fourth-order valence-corrected chi connectivity index (χ4v) is 6.08. The average molecular weight is 597 g/mol. The van der Waals surface area contributed by atoms with E-state index in [2.05, 4.69) is 15.0 Å². The Hall–Kier alpha value is -3.39. The highest BCUT2D eigenvalue weighted by Crippen LogP contribution is 2.42. The molecule has 0 bridgehead atoms. The number of hydrogen-bond donors (Lipinski definition) is 1. The van der Waals surface area contributed by atoms with Gasteiger partial charge in [-0.05, 0) is 55.8 Å². The van der Waals surface area contributed by atoms with Gasteiger partial charge in [0, 0.05) is 18.9 Å². The first kappa shape index (κ1) is 28.6. The minimum Gasteiger partial charge on any atom is -0.377 e. The van der Waals surface area contributed by atoms with Crippen LogP contribution in [0.3, 0.4) is 0 Å². The van der Waals surface area contributed by atoms with E-state index in [-0.39, 0.29) is 34.6 Å². The van der Waals surface area contributed by atoms with Crippen molar-refractivity contribution in [1.29, 1.82) is 0 Å². The van der Waals surface area contributed by atoms with Crippen LogP contribution in [0.2, 0.25) is 5.28 Å². The SMILES string of the molecule is COCC(=O)C(C)(C)c1nc(-c2cccc(NS(=O)(=O)c3c(F)cccc3F)c2F)c(-c2ccnc(Cl)n2)s1. The van der Waals surface area contributed by atoms with Gasteiger partial charge in [0.2, 0.25) is 5.28 Å². The number of methoxy groups -OCH3 is 1. The van der Waals surface area contributed by atoms with Crippen molar-refractivity contribution in [2.75, 3.05) is 18.4 Å². The van der Waals surface area contributed by atoms with Crippen LogP contribution < -0.4 is 4.72 Å². The Balaban J connectivity index is 1.87. The number of ether oxygens (including phenoxy) is 1. The Morgan fingerprint density at radius 3 is 2.38 bits per heavy atom. The number of carbonyl (C=O) groups is 1. The molecule has 1 N–H and O–H groups in total. The number of hydrogen-bond acceptors (Lipinski definition) is 8. The molecule has 0 saturated carbocycles. The molecule has 4 aromatic rings. The van der Waals surface area contributed by atoms with Gasteiger partial charge < -0.3 is 4.74 Å². The molecule has 0 aliphatic carbocycles. The van der Waals surface area contributed by atoms with Crippen molar-refractivity contribution in [1.82, 2.24) is 15.0 Å². The minimum absolute atomic E-state index is 0.0404. The Bertz CT molecular complexity index is 1660. The predicted molar refractivity (Wildman–Crippen MR) is 141 cm³/mol. The first-order valence-electron chi connectivity index (χ1n) is 11.1. The predicted octanol–water partition coefficient (Wildman–Crippen LogP) is 5.63. The Labute approximate surface area is 230 Å². The summed E-state index contributed by atoms with van der Waals surface area (Å²) in [4.78, 5) is 24.4. The molecule has 0 spiro atoms. The number of aromatic nitrogens is 3. The van der Waals surface area contributed by atoms with Gasteiger partial charge in [-0.1, -0.05) is 12.1 Å². The van der Waals surface area contributed by atoms with Crippen LogP contribution in [-0.4, -0.2) is 42.9 Å². The van der Waals surface area contributed by atoms with Gasteiger partial charge in [-0.25, -0.2) is 36.5 Å². The van der Waals surface area contributed by atoms with Gasteiger partial charge in [0.05, 0.1) is 27.4 Å². The summed E-state index contributed by atoms with van der Waals surface area (Å²) >= 11 is 7.04. The summed E-state index contributed by atoms with van der Waals surface area (Å²) in [5.41, 5.74) is -1.55. The molecular weight excluding hydrogens is 577 g/mol. The third kappa shape index (κ3) is 5.66. The van der Waals surface area contributed by atoms with Gasteiger partial charge in [-0.2, -0.15) is 0 Å². The zero-order chi connectivity index (χ0) is 28.5. The highest BCUT2D eigenvalue weighted by molar-refractivity contribution is 7.92. The quantitative estimate of drug-likeness (QED) is 0.249. The van der Waals surface area contributed by atoms with Gasteiger partial charge in [0.25, 0.3) is 10.0 Å². The van der Waals surface area contributed by atoms with Crippen LogP contribution in [0.15, 0.2) is 53.6 Å². The number of Topliss-reactive ketones (excluding diaryl/α,β-unsaturated/α-hetero) is 1. The smallest absolute Gasteiger partial charge is 0.267 e. The van der Waals surface area contributed by atoms with Gasteiger partial charge in [-0.15, -0.1) is 11.3 Å². The second kappa shape index (κ2) is 11.0. The summed E-state index contributed by atoms with van der Waals surface area (Å²) in [6, 6.07) is 7.83. The Kier molecular flexibility index (Phi) is 8.07. The van der Waals surface area contributed by atoms with Crippen LogP contribution in [0, 0.1) is 17.5 Å². The molecule has 2 aromatic carbocycles. The molecule has 0 atom stereocenters. The molecular formula is C25H20ClF3N4O4S2. The molecule has 4 rings (SSSR count). The van der Waals surface area contributed by atoms with Gasteiger partial charge >= 0.3 is 0 Å². The zero-order valence-electron chi connectivity index (χ0n) is 20.6. The second-order valence-electron chi connectivity index (χ2n) is 8.71. The van der Waals surface area contributed by atoms with E-state index in [1.54, 1.807) is 13.8 Å². The lowest BCUT2D eigenvalue weighted by atomic mass is 9.89. The van der Waals surface area contributed by atoms with E-state index < -0.39 is 43.5 Å². The maximum atomic E-state index is 15.9. The highest BCUT2D eigenvalue weighted by atomic mass is 35.5. The number of anilines is 1. The second-order valence-corrected chi connectivity index (χ2v) is 11.7. The van der Waals surface area contributed by atoms with Gasteiger partial charge in [0.15, 0.2) is 16.5 Å². The number of halogens is 4. The van der Waals surface area contributed by atoms with E-state index in [0.717, 1.165) is 35.6 Å². The van der Waals surface area contributed by atoms with Crippen LogP contribution in [0.1, 0.15) is 18.9 Å². The molecule has 0 aliphatic rings. The monoisotopic (exact) mass is 596 g/mol. The number of rotatable bonds is 9. The summed E-state index contributed by atoms with van der Waals surface area (Å²) in [5.74, 6) is -4.04. The number of benzene rings is 2. The fourth-order valence-electron chi connectivity index (χ4n) is 3.56. The van der Waals surface area contributed by atoms with Crippen molar-refractivity contribution in [2.45, 2.75) is 24.2 Å². The summed E-state index contributed by atoms with van der Waals surface area (Å²) < 4.78 is 76.7. The van der Waals surface area contributed by atoms with E-state index in [4.69, 9.17) is 16.3 Å². The summed E-state index contributed by atoms with van der Waals surface area (Å²) in [7, 11) is -3.47. The molecule has 2 aromatic heterocycles. The number of ketones is 1. The maximum absolute atomic E-state index is 15.9. The molecule has 39 heavy (non-hydrogen) atoms. The molecule has 204 valence electrons. The zero-order valence-corrected chi connectivity index (χ0v) is 23.0. The van der Waals surface area contributed by atoms with E-state index in [1.165, 1.54) is 31.5 Å². The van der Waals surface area contributed by atoms with Crippen molar-refractivity contribution in [2.24, 2.45) is 0 Å². The van der Waals surface area contributed by atoms with Crippen molar-refractivity contribution < 1.29 is 31.1 Å². The van der Waals surface area contributed by atoms with Crippen LogP contribution in [0.25, 0.3) is 21.8 Å². The molecule has 0 amide bonds. The summed E-state index contributed by atoms with van der Waals surface area (Å²) in [5, 5.41) is 0.222. The molecule has 0 unspecified atom stereocenters. The molecule has 14 heteroatoms. The Morgan fingerprint density at radius 1 is 1.08 bits per heavy atom. The van der Waals surface area contributed by atoms with E-state index in [1.807, 2.05) is 4.72 Å². The van der Waals surface area contributed by atoms with Crippen molar-refractivity contribution >= 4 is 44.4 Å². The van der Waals surface area contributed by atoms with Crippen LogP contribution >= 0.6 is 22.9 Å². The normalized spacial score (nSPS) is 12.0. The molecule has 0 aliphatic heterocycles. The van der Waals surface area contributed by atoms with Crippen LogP contribution in [0.5, 0.6) is 0 Å². The molecule has 0 fully saturated rings. The standard InChI is InChI=1S/C25H20ClF3N4O4S2/c1-25(2,18(34)12-37-3)23-32-20(21(38-23)17-10-11-30-24(26)31-17)13-6-4-9-16(19(13)29)33-39(35,36)22-14(27)7-5-8-15(22)28/h4-11,33H,12H2,1-3H3. The number of sulfonamides is 1. The molecule has 2 heterocycles. The van der Waals surface area contributed by atoms with Crippen molar-refractivity contribution in [3.05, 3.63) is 76.4 Å². The lowest BCUT2D eigenvalue weighted by Gasteiger charge is -2.19. The summed E-state index contributed by atoms with van der Waals surface area (Å²) in [6.45, 7) is 3.09. The number of nitrogens with zero attached hydrogens (tertiary/aromatic N) is 3.